The fourth-order valence-corrected chi connectivity index (χ4v) is 2.02. The Labute approximate surface area is 101 Å². The number of carbonyl (C=O) groups excluding carboxylic acids is 2. The normalized spacial score (nSPS) is 21.9. The molecule has 17 heavy (non-hydrogen) atoms. The lowest BCUT2D eigenvalue weighted by Crippen LogP contribution is -2.46. The van der Waals surface area contributed by atoms with Gasteiger partial charge in [-0.25, -0.2) is 0 Å². The Morgan fingerprint density at radius 2 is 2.24 bits per heavy atom. The largest absolute Gasteiger partial charge is 0.381 e. The fourth-order valence-electron chi connectivity index (χ4n) is 2.02. The highest BCUT2D eigenvalue weighted by atomic mass is 16.5. The quantitative estimate of drug-likeness (QED) is 0.652. The van der Waals surface area contributed by atoms with E-state index in [4.69, 9.17) is 16.2 Å². The van der Waals surface area contributed by atoms with Crippen LogP contribution >= 0.6 is 0 Å². The molecular formula is C11H21N3O3. The van der Waals surface area contributed by atoms with Crippen LogP contribution in [0.15, 0.2) is 0 Å². The van der Waals surface area contributed by atoms with E-state index in [1.54, 1.807) is 11.9 Å². The summed E-state index contributed by atoms with van der Waals surface area (Å²) in [5.74, 6) is -0.437. The van der Waals surface area contributed by atoms with Gasteiger partial charge >= 0.3 is 0 Å². The average Bonchev–Trinajstić information content (AvgIpc) is 2.28. The van der Waals surface area contributed by atoms with Crippen molar-refractivity contribution in [2.75, 3.05) is 26.8 Å². The summed E-state index contributed by atoms with van der Waals surface area (Å²) < 4.78 is 5.34. The first-order valence-corrected chi connectivity index (χ1v) is 5.87. The minimum Gasteiger partial charge on any atom is -0.381 e. The number of ether oxygens (including phenoxy) is 1. The van der Waals surface area contributed by atoms with Gasteiger partial charge in [-0.3, -0.25) is 9.59 Å². The summed E-state index contributed by atoms with van der Waals surface area (Å²) in [5.41, 5.74) is 10.6. The molecule has 0 radical (unpaired) electrons. The minimum absolute atomic E-state index is 0.107. The number of likely N-dealkylation sites (N-methyl/N-ethyl adjacent to an activating group) is 1. The van der Waals surface area contributed by atoms with Gasteiger partial charge in [0.05, 0.1) is 19.1 Å². The lowest BCUT2D eigenvalue weighted by molar-refractivity contribution is -0.134. The summed E-state index contributed by atoms with van der Waals surface area (Å²) in [5, 5.41) is 0. The van der Waals surface area contributed by atoms with Gasteiger partial charge in [0.15, 0.2) is 0 Å². The smallest absolute Gasteiger partial charge is 0.239 e. The molecule has 0 aromatic rings. The molecule has 2 atom stereocenters. The number of primary amides is 1. The summed E-state index contributed by atoms with van der Waals surface area (Å²) >= 11 is 0. The van der Waals surface area contributed by atoms with Crippen LogP contribution in [-0.4, -0.2) is 49.6 Å². The molecule has 1 heterocycles. The van der Waals surface area contributed by atoms with Crippen molar-refractivity contribution in [3.8, 4) is 0 Å². The summed E-state index contributed by atoms with van der Waals surface area (Å²) in [6.45, 7) is 2.10. The maximum Gasteiger partial charge on any atom is 0.239 e. The highest BCUT2D eigenvalue weighted by molar-refractivity contribution is 5.87. The van der Waals surface area contributed by atoms with Gasteiger partial charge < -0.3 is 21.1 Å². The van der Waals surface area contributed by atoms with Crippen LogP contribution in [0.3, 0.4) is 0 Å². The zero-order chi connectivity index (χ0) is 12.8. The van der Waals surface area contributed by atoms with Gasteiger partial charge in [-0.1, -0.05) is 0 Å². The number of rotatable bonds is 5. The lowest BCUT2D eigenvalue weighted by atomic mass is 10.0. The Morgan fingerprint density at radius 1 is 1.53 bits per heavy atom. The molecule has 1 aliphatic heterocycles. The Balaban J connectivity index is 2.37. The molecular weight excluding hydrogens is 222 g/mol. The molecule has 0 bridgehead atoms. The van der Waals surface area contributed by atoms with Crippen LogP contribution in [0.25, 0.3) is 0 Å². The third kappa shape index (κ3) is 4.70. The number of nitrogens with two attached hydrogens (primary N) is 2. The van der Waals surface area contributed by atoms with Crippen LogP contribution in [0.4, 0.5) is 0 Å². The second-order valence-electron chi connectivity index (χ2n) is 4.58. The van der Waals surface area contributed by atoms with Crippen LogP contribution in [0.2, 0.25) is 0 Å². The Bertz CT molecular complexity index is 277. The first-order valence-electron chi connectivity index (χ1n) is 5.87. The number of amides is 2. The van der Waals surface area contributed by atoms with Crippen LogP contribution in [0.5, 0.6) is 0 Å². The maximum atomic E-state index is 11.8. The van der Waals surface area contributed by atoms with Crippen molar-refractivity contribution in [2.45, 2.75) is 25.3 Å². The molecule has 6 heteroatoms. The molecule has 98 valence electrons. The van der Waals surface area contributed by atoms with E-state index < -0.39 is 11.9 Å². The molecule has 0 saturated carbocycles. The minimum atomic E-state index is -0.831. The molecule has 0 aromatic carbocycles. The average molecular weight is 243 g/mol. The van der Waals surface area contributed by atoms with Gasteiger partial charge in [-0.15, -0.1) is 0 Å². The van der Waals surface area contributed by atoms with Crippen molar-refractivity contribution in [3.63, 3.8) is 0 Å². The molecule has 0 aromatic heterocycles. The Morgan fingerprint density at radius 3 is 2.76 bits per heavy atom. The van der Waals surface area contributed by atoms with E-state index in [-0.39, 0.29) is 12.3 Å². The van der Waals surface area contributed by atoms with Crippen molar-refractivity contribution in [3.05, 3.63) is 0 Å². The molecule has 0 spiro atoms. The van der Waals surface area contributed by atoms with Crippen LogP contribution in [0, 0.1) is 5.92 Å². The topological polar surface area (TPSA) is 98.7 Å². The molecule has 4 N–H and O–H groups in total. The predicted octanol–water partition coefficient (Wildman–Crippen LogP) is -0.926. The zero-order valence-corrected chi connectivity index (χ0v) is 10.2. The van der Waals surface area contributed by atoms with Gasteiger partial charge in [-0.05, 0) is 18.8 Å². The zero-order valence-electron chi connectivity index (χ0n) is 10.2. The van der Waals surface area contributed by atoms with Crippen LogP contribution in [-0.2, 0) is 14.3 Å². The van der Waals surface area contributed by atoms with Crippen molar-refractivity contribution >= 4 is 11.8 Å². The Hall–Kier alpha value is -1.14. The van der Waals surface area contributed by atoms with Gasteiger partial charge in [0.25, 0.3) is 0 Å². The van der Waals surface area contributed by atoms with Crippen molar-refractivity contribution in [1.82, 2.24) is 4.90 Å². The summed E-state index contributed by atoms with van der Waals surface area (Å²) in [7, 11) is 1.69. The van der Waals surface area contributed by atoms with Gasteiger partial charge in [0, 0.05) is 20.2 Å². The van der Waals surface area contributed by atoms with Gasteiger partial charge in [0.2, 0.25) is 11.8 Å². The maximum absolute atomic E-state index is 11.8. The van der Waals surface area contributed by atoms with E-state index in [2.05, 4.69) is 0 Å². The molecule has 6 nitrogen and oxygen atoms in total. The van der Waals surface area contributed by atoms with Crippen molar-refractivity contribution < 1.29 is 14.3 Å². The molecule has 2 amide bonds. The number of hydrogen-bond acceptors (Lipinski definition) is 4. The second-order valence-corrected chi connectivity index (χ2v) is 4.58. The molecule has 1 rings (SSSR count). The number of carbonyl (C=O) groups is 2. The monoisotopic (exact) mass is 243 g/mol. The first-order chi connectivity index (χ1) is 8.00. The highest BCUT2D eigenvalue weighted by Crippen LogP contribution is 2.14. The van der Waals surface area contributed by atoms with E-state index in [0.29, 0.717) is 19.1 Å². The van der Waals surface area contributed by atoms with Gasteiger partial charge in [-0.2, -0.15) is 0 Å². The summed E-state index contributed by atoms with van der Waals surface area (Å²) in [6, 6.07) is -0.831. The van der Waals surface area contributed by atoms with Crippen molar-refractivity contribution in [2.24, 2.45) is 17.4 Å². The van der Waals surface area contributed by atoms with E-state index in [1.807, 2.05) is 0 Å². The fraction of sp³-hybridized carbons (Fsp3) is 0.818. The number of nitrogens with zero attached hydrogens (tertiary/aromatic N) is 1. The van der Waals surface area contributed by atoms with E-state index in [1.165, 1.54) is 0 Å². The molecule has 0 aliphatic carbocycles. The van der Waals surface area contributed by atoms with E-state index >= 15 is 0 Å². The van der Waals surface area contributed by atoms with Crippen LogP contribution < -0.4 is 11.5 Å². The molecule has 1 saturated heterocycles. The SMILES string of the molecule is CN(CC1CCCOC1)C(=O)C(N)CC(N)=O. The van der Waals surface area contributed by atoms with Gasteiger partial charge in [0.1, 0.15) is 0 Å². The summed E-state index contributed by atoms with van der Waals surface area (Å²) in [4.78, 5) is 24.0. The van der Waals surface area contributed by atoms with Crippen LogP contribution in [0.1, 0.15) is 19.3 Å². The van der Waals surface area contributed by atoms with E-state index in [0.717, 1.165) is 19.4 Å². The first kappa shape index (κ1) is 13.9. The molecule has 1 fully saturated rings. The summed E-state index contributed by atoms with van der Waals surface area (Å²) in [6.07, 6.45) is 1.98. The predicted molar refractivity (Wildman–Crippen MR) is 63.0 cm³/mol. The molecule has 2 unspecified atom stereocenters. The molecule has 1 aliphatic rings. The second kappa shape index (κ2) is 6.56. The standard InChI is InChI=1S/C11H21N3O3/c1-14(6-8-3-2-4-17-7-8)11(16)9(12)5-10(13)15/h8-9H,2-7,12H2,1H3,(H2,13,15). The van der Waals surface area contributed by atoms with Crippen molar-refractivity contribution in [1.29, 1.82) is 0 Å². The Kier molecular flexibility index (Phi) is 5.37. The lowest BCUT2D eigenvalue weighted by Gasteiger charge is -2.28. The third-order valence-electron chi connectivity index (χ3n) is 2.90. The number of hydrogen-bond donors (Lipinski definition) is 2. The third-order valence-corrected chi connectivity index (χ3v) is 2.90. The highest BCUT2D eigenvalue weighted by Gasteiger charge is 2.23. The van der Waals surface area contributed by atoms with E-state index in [9.17, 15) is 9.59 Å².